The second-order valence-corrected chi connectivity index (χ2v) is 5.47. The molecule has 0 aliphatic heterocycles. The second-order valence-electron chi connectivity index (χ2n) is 5.47. The predicted molar refractivity (Wildman–Crippen MR) is 84.1 cm³/mol. The molecule has 2 heteroatoms. The highest BCUT2D eigenvalue weighted by atomic mass is 14.9. The van der Waals surface area contributed by atoms with Crippen LogP contribution in [-0.4, -0.2) is 9.97 Å². The van der Waals surface area contributed by atoms with Crippen molar-refractivity contribution in [2.45, 2.75) is 33.1 Å². The Hall–Kier alpha value is -2.09. The summed E-state index contributed by atoms with van der Waals surface area (Å²) in [5, 5.41) is 0. The van der Waals surface area contributed by atoms with Gasteiger partial charge in [0.2, 0.25) is 0 Å². The Bertz CT molecular complexity index is 726. The van der Waals surface area contributed by atoms with E-state index in [9.17, 15) is 0 Å². The van der Waals surface area contributed by atoms with Gasteiger partial charge in [-0.05, 0) is 43.0 Å². The van der Waals surface area contributed by atoms with Crippen LogP contribution in [-0.2, 0) is 0 Å². The summed E-state index contributed by atoms with van der Waals surface area (Å²) in [4.78, 5) is 8.36. The number of H-pyrrole nitrogens is 1. The first-order valence-corrected chi connectivity index (χ1v) is 7.21. The van der Waals surface area contributed by atoms with Gasteiger partial charge >= 0.3 is 0 Å². The molecule has 1 N–H and O–H groups in total. The molecule has 0 saturated heterocycles. The molecule has 102 valence electrons. The van der Waals surface area contributed by atoms with Gasteiger partial charge in [0.05, 0.1) is 11.0 Å². The van der Waals surface area contributed by atoms with Crippen molar-refractivity contribution in [1.29, 1.82) is 0 Å². The molecule has 0 bridgehead atoms. The molecule has 2 aromatic carbocycles. The van der Waals surface area contributed by atoms with E-state index in [-0.39, 0.29) is 0 Å². The Labute approximate surface area is 119 Å². The van der Waals surface area contributed by atoms with E-state index in [0.717, 1.165) is 23.3 Å². The first-order chi connectivity index (χ1) is 9.69. The van der Waals surface area contributed by atoms with Crippen LogP contribution in [0.2, 0.25) is 0 Å². The van der Waals surface area contributed by atoms with Gasteiger partial charge in [-0.3, -0.25) is 0 Å². The van der Waals surface area contributed by atoms with E-state index < -0.39 is 0 Å². The molecular weight excluding hydrogens is 244 g/mol. The molecule has 1 aromatic heterocycles. The number of imidazole rings is 1. The third-order valence-corrected chi connectivity index (χ3v) is 3.88. The minimum atomic E-state index is 0.336. The first kappa shape index (κ1) is 12.9. The van der Waals surface area contributed by atoms with Gasteiger partial charge in [-0.25, -0.2) is 4.98 Å². The van der Waals surface area contributed by atoms with Crippen molar-refractivity contribution in [2.75, 3.05) is 0 Å². The van der Waals surface area contributed by atoms with Gasteiger partial charge < -0.3 is 4.98 Å². The van der Waals surface area contributed by atoms with E-state index in [0.29, 0.717) is 5.92 Å². The lowest BCUT2D eigenvalue weighted by atomic mass is 9.96. The fourth-order valence-electron chi connectivity index (χ4n) is 2.93. The van der Waals surface area contributed by atoms with Crippen molar-refractivity contribution < 1.29 is 0 Å². The van der Waals surface area contributed by atoms with Gasteiger partial charge in [0.1, 0.15) is 5.82 Å². The quantitative estimate of drug-likeness (QED) is 0.728. The van der Waals surface area contributed by atoms with Crippen LogP contribution in [0.25, 0.3) is 11.0 Å². The highest BCUT2D eigenvalue weighted by molar-refractivity contribution is 5.79. The SMILES string of the molecule is CCC(c1ccccc1)c1nc2c(C)cc(C)cc2[nH]1. The topological polar surface area (TPSA) is 28.7 Å². The van der Waals surface area contributed by atoms with Gasteiger partial charge in [0.15, 0.2) is 0 Å². The van der Waals surface area contributed by atoms with Crippen molar-refractivity contribution in [3.8, 4) is 0 Å². The maximum absolute atomic E-state index is 4.85. The third-order valence-electron chi connectivity index (χ3n) is 3.88. The average Bonchev–Trinajstić information content (AvgIpc) is 2.84. The van der Waals surface area contributed by atoms with Crippen molar-refractivity contribution >= 4 is 11.0 Å². The number of aromatic nitrogens is 2. The lowest BCUT2D eigenvalue weighted by Crippen LogP contribution is -2.01. The van der Waals surface area contributed by atoms with E-state index >= 15 is 0 Å². The van der Waals surface area contributed by atoms with Crippen LogP contribution >= 0.6 is 0 Å². The predicted octanol–water partition coefficient (Wildman–Crippen LogP) is 4.72. The van der Waals surface area contributed by atoms with E-state index in [1.807, 2.05) is 0 Å². The summed E-state index contributed by atoms with van der Waals surface area (Å²) in [5.74, 6) is 1.41. The molecule has 0 spiro atoms. The zero-order valence-corrected chi connectivity index (χ0v) is 12.3. The molecule has 1 unspecified atom stereocenters. The number of aromatic amines is 1. The van der Waals surface area contributed by atoms with Gasteiger partial charge in [-0.2, -0.15) is 0 Å². The highest BCUT2D eigenvalue weighted by Gasteiger charge is 2.16. The monoisotopic (exact) mass is 264 g/mol. The third kappa shape index (κ3) is 2.22. The number of aryl methyl sites for hydroxylation is 2. The molecule has 3 rings (SSSR count). The molecule has 3 aromatic rings. The van der Waals surface area contributed by atoms with Crippen LogP contribution in [0.3, 0.4) is 0 Å². The number of rotatable bonds is 3. The van der Waals surface area contributed by atoms with E-state index in [2.05, 4.69) is 68.2 Å². The summed E-state index contributed by atoms with van der Waals surface area (Å²) in [5.41, 5.74) is 6.08. The lowest BCUT2D eigenvalue weighted by molar-refractivity contribution is 0.732. The average molecular weight is 264 g/mol. The maximum atomic E-state index is 4.85. The minimum Gasteiger partial charge on any atom is -0.341 e. The molecule has 0 aliphatic rings. The summed E-state index contributed by atoms with van der Waals surface area (Å²) in [6, 6.07) is 15.0. The maximum Gasteiger partial charge on any atom is 0.114 e. The Balaban J connectivity index is 2.11. The molecule has 2 nitrogen and oxygen atoms in total. The second kappa shape index (κ2) is 5.12. The summed E-state index contributed by atoms with van der Waals surface area (Å²) >= 11 is 0. The molecule has 1 atom stereocenters. The van der Waals surface area contributed by atoms with Crippen molar-refractivity contribution in [2.24, 2.45) is 0 Å². The Morgan fingerprint density at radius 2 is 1.85 bits per heavy atom. The first-order valence-electron chi connectivity index (χ1n) is 7.21. The number of fused-ring (bicyclic) bond motifs is 1. The fraction of sp³-hybridized carbons (Fsp3) is 0.278. The normalized spacial score (nSPS) is 12.8. The summed E-state index contributed by atoms with van der Waals surface area (Å²) in [6.07, 6.45) is 1.04. The van der Waals surface area contributed by atoms with Gasteiger partial charge in [-0.15, -0.1) is 0 Å². The molecule has 0 radical (unpaired) electrons. The van der Waals surface area contributed by atoms with Crippen LogP contribution < -0.4 is 0 Å². The van der Waals surface area contributed by atoms with Crippen LogP contribution in [0.5, 0.6) is 0 Å². The lowest BCUT2D eigenvalue weighted by Gasteiger charge is -2.12. The number of benzene rings is 2. The molecular formula is C18H20N2. The summed E-state index contributed by atoms with van der Waals surface area (Å²) in [6.45, 7) is 6.47. The van der Waals surface area contributed by atoms with Crippen LogP contribution in [0.4, 0.5) is 0 Å². The number of nitrogens with one attached hydrogen (secondary N) is 1. The van der Waals surface area contributed by atoms with Crippen LogP contribution in [0.15, 0.2) is 42.5 Å². The molecule has 20 heavy (non-hydrogen) atoms. The van der Waals surface area contributed by atoms with Gasteiger partial charge in [-0.1, -0.05) is 43.3 Å². The van der Waals surface area contributed by atoms with E-state index in [1.165, 1.54) is 16.7 Å². The summed E-state index contributed by atoms with van der Waals surface area (Å²) in [7, 11) is 0. The zero-order valence-electron chi connectivity index (χ0n) is 12.3. The van der Waals surface area contributed by atoms with E-state index in [1.54, 1.807) is 0 Å². The fourth-order valence-corrected chi connectivity index (χ4v) is 2.93. The van der Waals surface area contributed by atoms with Gasteiger partial charge in [0.25, 0.3) is 0 Å². The molecule has 0 aliphatic carbocycles. The van der Waals surface area contributed by atoms with Crippen molar-refractivity contribution in [3.63, 3.8) is 0 Å². The van der Waals surface area contributed by atoms with Crippen LogP contribution in [0.1, 0.15) is 41.8 Å². The highest BCUT2D eigenvalue weighted by Crippen LogP contribution is 2.28. The number of hydrogen-bond acceptors (Lipinski definition) is 1. The molecule has 0 saturated carbocycles. The van der Waals surface area contributed by atoms with Crippen LogP contribution in [0, 0.1) is 13.8 Å². The smallest absolute Gasteiger partial charge is 0.114 e. The zero-order chi connectivity index (χ0) is 14.1. The Kier molecular flexibility index (Phi) is 3.31. The standard InChI is InChI=1S/C18H20N2/c1-4-15(14-8-6-5-7-9-14)18-19-16-11-12(2)10-13(3)17(16)20-18/h5-11,15H,4H2,1-3H3,(H,19,20). The Morgan fingerprint density at radius 3 is 2.55 bits per heavy atom. The minimum absolute atomic E-state index is 0.336. The summed E-state index contributed by atoms with van der Waals surface area (Å²) < 4.78 is 0. The number of hydrogen-bond donors (Lipinski definition) is 1. The Morgan fingerprint density at radius 1 is 1.10 bits per heavy atom. The largest absolute Gasteiger partial charge is 0.341 e. The van der Waals surface area contributed by atoms with Crippen molar-refractivity contribution in [1.82, 2.24) is 9.97 Å². The molecule has 1 heterocycles. The molecule has 0 fully saturated rings. The number of nitrogens with zero attached hydrogens (tertiary/aromatic N) is 1. The molecule has 0 amide bonds. The van der Waals surface area contributed by atoms with E-state index in [4.69, 9.17) is 4.98 Å². The van der Waals surface area contributed by atoms with Crippen molar-refractivity contribution in [3.05, 3.63) is 65.0 Å². The van der Waals surface area contributed by atoms with Gasteiger partial charge in [0, 0.05) is 5.92 Å².